The molecule has 3 heterocycles. The fourth-order valence-corrected chi connectivity index (χ4v) is 3.37. The number of rotatable bonds is 4. The molecule has 0 spiro atoms. The Morgan fingerprint density at radius 1 is 1.33 bits per heavy atom. The van der Waals surface area contributed by atoms with Crippen LogP contribution < -0.4 is 0 Å². The maximum atomic E-state index is 12.6. The zero-order valence-electron chi connectivity index (χ0n) is 14.6. The van der Waals surface area contributed by atoms with Crippen LogP contribution >= 0.6 is 0 Å². The van der Waals surface area contributed by atoms with Gasteiger partial charge in [-0.1, -0.05) is 5.16 Å². The predicted octanol–water partition coefficient (Wildman–Crippen LogP) is 2.73. The number of aromatic nitrogens is 3. The van der Waals surface area contributed by atoms with Gasteiger partial charge in [0.1, 0.15) is 5.76 Å². The predicted molar refractivity (Wildman–Crippen MR) is 89.6 cm³/mol. The number of likely N-dealkylation sites (tertiary alicyclic amines) is 1. The van der Waals surface area contributed by atoms with Crippen LogP contribution in [0.25, 0.3) is 0 Å². The fourth-order valence-electron chi connectivity index (χ4n) is 3.37. The number of hydrogen-bond donors (Lipinski definition) is 0. The molecule has 1 aliphatic rings. The van der Waals surface area contributed by atoms with Gasteiger partial charge in [0.05, 0.1) is 17.1 Å². The van der Waals surface area contributed by atoms with E-state index in [1.54, 1.807) is 6.20 Å². The minimum atomic E-state index is 0.195. The topological polar surface area (TPSA) is 72.1 Å². The van der Waals surface area contributed by atoms with Crippen molar-refractivity contribution in [1.29, 1.82) is 0 Å². The molecular formula is C18H24N4O2. The molecule has 2 aromatic heterocycles. The van der Waals surface area contributed by atoms with E-state index < -0.39 is 0 Å². The first-order chi connectivity index (χ1) is 11.5. The Labute approximate surface area is 142 Å². The lowest BCUT2D eigenvalue weighted by Crippen LogP contribution is -2.39. The van der Waals surface area contributed by atoms with Crippen molar-refractivity contribution in [3.8, 4) is 0 Å². The SMILES string of the molecule is Cc1cncc([C@@H]2CCCN(C(=O)CCc3c(C)noc3C)C2)n1. The minimum Gasteiger partial charge on any atom is -0.361 e. The van der Waals surface area contributed by atoms with Crippen LogP contribution in [0.5, 0.6) is 0 Å². The standard InChI is InChI=1S/C18H24N4O2/c1-12-9-19-10-17(20-12)15-5-4-8-22(11-15)18(23)7-6-16-13(2)21-24-14(16)3/h9-10,15H,4-8,11H2,1-3H3/t15-/m1/s1. The highest BCUT2D eigenvalue weighted by molar-refractivity contribution is 5.76. The van der Waals surface area contributed by atoms with E-state index in [0.717, 1.165) is 54.3 Å². The molecule has 24 heavy (non-hydrogen) atoms. The van der Waals surface area contributed by atoms with Crippen molar-refractivity contribution in [3.63, 3.8) is 0 Å². The normalized spacial score (nSPS) is 18.0. The van der Waals surface area contributed by atoms with Crippen LogP contribution in [0, 0.1) is 20.8 Å². The van der Waals surface area contributed by atoms with Gasteiger partial charge in [-0.2, -0.15) is 0 Å². The third kappa shape index (κ3) is 3.63. The highest BCUT2D eigenvalue weighted by atomic mass is 16.5. The summed E-state index contributed by atoms with van der Waals surface area (Å²) in [6.45, 7) is 7.33. The average molecular weight is 328 g/mol. The maximum Gasteiger partial charge on any atom is 0.222 e. The lowest BCUT2D eigenvalue weighted by atomic mass is 9.94. The van der Waals surface area contributed by atoms with E-state index in [9.17, 15) is 4.79 Å². The zero-order valence-corrected chi connectivity index (χ0v) is 14.6. The van der Waals surface area contributed by atoms with E-state index in [1.165, 1.54) is 0 Å². The quantitative estimate of drug-likeness (QED) is 0.863. The molecule has 0 N–H and O–H groups in total. The third-order valence-corrected chi connectivity index (χ3v) is 4.74. The van der Waals surface area contributed by atoms with Crippen molar-refractivity contribution < 1.29 is 9.32 Å². The Morgan fingerprint density at radius 2 is 2.17 bits per heavy atom. The highest BCUT2D eigenvalue weighted by Gasteiger charge is 2.26. The summed E-state index contributed by atoms with van der Waals surface area (Å²) in [6, 6.07) is 0. The Balaban J connectivity index is 1.61. The zero-order chi connectivity index (χ0) is 17.1. The first-order valence-electron chi connectivity index (χ1n) is 8.52. The van der Waals surface area contributed by atoms with Gasteiger partial charge < -0.3 is 9.42 Å². The number of carbonyl (C=O) groups is 1. The van der Waals surface area contributed by atoms with E-state index in [-0.39, 0.29) is 11.8 Å². The summed E-state index contributed by atoms with van der Waals surface area (Å²) in [5.41, 5.74) is 3.86. The summed E-state index contributed by atoms with van der Waals surface area (Å²) in [5.74, 6) is 1.29. The van der Waals surface area contributed by atoms with Crippen LogP contribution in [0.2, 0.25) is 0 Å². The molecule has 0 aliphatic carbocycles. The van der Waals surface area contributed by atoms with Crippen molar-refractivity contribution >= 4 is 5.91 Å². The molecule has 0 saturated carbocycles. The smallest absolute Gasteiger partial charge is 0.222 e. The Kier molecular flexibility index (Phi) is 4.92. The maximum absolute atomic E-state index is 12.6. The van der Waals surface area contributed by atoms with E-state index in [0.29, 0.717) is 12.8 Å². The second-order valence-electron chi connectivity index (χ2n) is 6.57. The largest absolute Gasteiger partial charge is 0.361 e. The second-order valence-corrected chi connectivity index (χ2v) is 6.57. The molecule has 6 heteroatoms. The molecular weight excluding hydrogens is 304 g/mol. The van der Waals surface area contributed by atoms with Crippen LogP contribution in [0.3, 0.4) is 0 Å². The Hall–Kier alpha value is -2.24. The molecule has 3 rings (SSSR count). The molecule has 0 unspecified atom stereocenters. The molecule has 1 fully saturated rings. The average Bonchev–Trinajstić information content (AvgIpc) is 2.91. The number of aryl methyl sites for hydroxylation is 3. The molecule has 1 saturated heterocycles. The summed E-state index contributed by atoms with van der Waals surface area (Å²) in [6.07, 6.45) is 6.85. The van der Waals surface area contributed by atoms with Gasteiger partial charge in [0.2, 0.25) is 5.91 Å². The molecule has 1 amide bonds. The second kappa shape index (κ2) is 7.11. The van der Waals surface area contributed by atoms with Crippen molar-refractivity contribution in [1.82, 2.24) is 20.0 Å². The summed E-state index contributed by atoms with van der Waals surface area (Å²) in [7, 11) is 0. The summed E-state index contributed by atoms with van der Waals surface area (Å²) < 4.78 is 5.17. The first kappa shape index (κ1) is 16.6. The minimum absolute atomic E-state index is 0.195. The number of carbonyl (C=O) groups excluding carboxylic acids is 1. The monoisotopic (exact) mass is 328 g/mol. The molecule has 0 aromatic carbocycles. The number of nitrogens with zero attached hydrogens (tertiary/aromatic N) is 4. The van der Waals surface area contributed by atoms with Gasteiger partial charge in [0.15, 0.2) is 0 Å². The summed E-state index contributed by atoms with van der Waals surface area (Å²) in [4.78, 5) is 23.4. The molecule has 0 radical (unpaired) electrons. The number of amides is 1. The first-order valence-corrected chi connectivity index (χ1v) is 8.52. The van der Waals surface area contributed by atoms with E-state index in [4.69, 9.17) is 4.52 Å². The van der Waals surface area contributed by atoms with Crippen molar-refractivity contribution in [3.05, 3.63) is 40.8 Å². The summed E-state index contributed by atoms with van der Waals surface area (Å²) >= 11 is 0. The van der Waals surface area contributed by atoms with Crippen molar-refractivity contribution in [2.45, 2.75) is 52.4 Å². The fraction of sp³-hybridized carbons (Fsp3) is 0.556. The molecule has 1 aliphatic heterocycles. The third-order valence-electron chi connectivity index (χ3n) is 4.74. The van der Waals surface area contributed by atoms with Gasteiger partial charge in [-0.15, -0.1) is 0 Å². The summed E-state index contributed by atoms with van der Waals surface area (Å²) in [5, 5.41) is 3.95. The molecule has 2 aromatic rings. The lowest BCUT2D eigenvalue weighted by molar-refractivity contribution is -0.132. The Morgan fingerprint density at radius 3 is 2.88 bits per heavy atom. The van der Waals surface area contributed by atoms with Gasteiger partial charge >= 0.3 is 0 Å². The van der Waals surface area contributed by atoms with Crippen LogP contribution in [0.1, 0.15) is 53.6 Å². The van der Waals surface area contributed by atoms with Crippen molar-refractivity contribution in [2.75, 3.05) is 13.1 Å². The van der Waals surface area contributed by atoms with E-state index in [1.807, 2.05) is 31.9 Å². The lowest BCUT2D eigenvalue weighted by Gasteiger charge is -2.32. The van der Waals surface area contributed by atoms with Gasteiger partial charge in [0, 0.05) is 43.4 Å². The van der Waals surface area contributed by atoms with E-state index in [2.05, 4.69) is 15.1 Å². The van der Waals surface area contributed by atoms with Crippen LogP contribution in [-0.2, 0) is 11.2 Å². The molecule has 6 nitrogen and oxygen atoms in total. The molecule has 0 bridgehead atoms. The van der Waals surface area contributed by atoms with Crippen molar-refractivity contribution in [2.24, 2.45) is 0 Å². The van der Waals surface area contributed by atoms with Gasteiger partial charge in [-0.05, 0) is 40.0 Å². The van der Waals surface area contributed by atoms with E-state index >= 15 is 0 Å². The molecule has 128 valence electrons. The number of hydrogen-bond acceptors (Lipinski definition) is 5. The Bertz CT molecular complexity index is 706. The van der Waals surface area contributed by atoms with Gasteiger partial charge in [-0.3, -0.25) is 14.8 Å². The van der Waals surface area contributed by atoms with Crippen LogP contribution in [0.4, 0.5) is 0 Å². The van der Waals surface area contributed by atoms with Gasteiger partial charge in [0.25, 0.3) is 0 Å². The number of piperidine rings is 1. The van der Waals surface area contributed by atoms with Crippen LogP contribution in [-0.4, -0.2) is 39.0 Å². The highest BCUT2D eigenvalue weighted by Crippen LogP contribution is 2.26. The van der Waals surface area contributed by atoms with Gasteiger partial charge in [-0.25, -0.2) is 0 Å². The molecule has 1 atom stereocenters. The van der Waals surface area contributed by atoms with Crippen LogP contribution in [0.15, 0.2) is 16.9 Å².